The number of hydrogen-bond acceptors (Lipinski definition) is 7. The Balaban J connectivity index is 1.61. The number of likely N-dealkylation sites (tertiary alicyclic amines) is 1. The van der Waals surface area contributed by atoms with Crippen LogP contribution in [0.4, 0.5) is 0 Å². The molecule has 156 valence electrons. The lowest BCUT2D eigenvalue weighted by atomic mass is 9.92. The molecule has 1 aromatic carbocycles. The zero-order valence-corrected chi connectivity index (χ0v) is 17.1. The van der Waals surface area contributed by atoms with Gasteiger partial charge in [0, 0.05) is 12.6 Å². The van der Waals surface area contributed by atoms with E-state index in [1.54, 1.807) is 25.4 Å². The summed E-state index contributed by atoms with van der Waals surface area (Å²) in [5, 5.41) is 8.32. The predicted octanol–water partition coefficient (Wildman–Crippen LogP) is 2.76. The van der Waals surface area contributed by atoms with Crippen LogP contribution in [0.5, 0.6) is 0 Å². The van der Waals surface area contributed by atoms with Crippen molar-refractivity contribution in [3.63, 3.8) is 0 Å². The van der Waals surface area contributed by atoms with Gasteiger partial charge in [-0.15, -0.1) is 0 Å². The third-order valence-electron chi connectivity index (χ3n) is 5.45. The number of esters is 1. The number of hydrogen-bond donors (Lipinski definition) is 0. The summed E-state index contributed by atoms with van der Waals surface area (Å²) in [7, 11) is 1.31. The molecule has 0 unspecified atom stereocenters. The van der Waals surface area contributed by atoms with Crippen molar-refractivity contribution in [3.05, 3.63) is 59.6 Å². The van der Waals surface area contributed by atoms with Gasteiger partial charge in [0.2, 0.25) is 0 Å². The molecule has 1 fully saturated rings. The summed E-state index contributed by atoms with van der Waals surface area (Å²) in [6.45, 7) is 4.16. The minimum Gasteiger partial charge on any atom is -0.464 e. The van der Waals surface area contributed by atoms with Crippen molar-refractivity contribution in [1.29, 1.82) is 0 Å². The fraction of sp³-hybridized carbons (Fsp3) is 0.381. The molecule has 0 saturated carbocycles. The van der Waals surface area contributed by atoms with Gasteiger partial charge >= 0.3 is 5.97 Å². The van der Waals surface area contributed by atoms with Gasteiger partial charge in [0.15, 0.2) is 11.6 Å². The molecule has 1 aliphatic heterocycles. The zero-order chi connectivity index (χ0) is 21.3. The summed E-state index contributed by atoms with van der Waals surface area (Å²) in [5.74, 6) is 0.150. The number of carbonyl (C=O) groups is 2. The molecule has 0 N–H and O–H groups in total. The van der Waals surface area contributed by atoms with E-state index in [2.05, 4.69) is 15.2 Å². The smallest absolute Gasteiger partial charge is 0.360 e. The van der Waals surface area contributed by atoms with E-state index < -0.39 is 5.97 Å². The Morgan fingerprint density at radius 2 is 1.90 bits per heavy atom. The van der Waals surface area contributed by atoms with Crippen LogP contribution in [0, 0.1) is 6.92 Å². The van der Waals surface area contributed by atoms with Gasteiger partial charge in [-0.3, -0.25) is 4.79 Å². The Hall–Kier alpha value is -3.49. The van der Waals surface area contributed by atoms with Crippen LogP contribution in [-0.4, -0.2) is 56.5 Å². The summed E-state index contributed by atoms with van der Waals surface area (Å²) in [6, 6.07) is 7.33. The molecule has 4 rings (SSSR count). The Labute approximate surface area is 173 Å². The van der Waals surface area contributed by atoms with E-state index in [0.717, 1.165) is 12.8 Å². The zero-order valence-electron chi connectivity index (χ0n) is 17.1. The third kappa shape index (κ3) is 3.58. The van der Waals surface area contributed by atoms with Crippen molar-refractivity contribution in [2.24, 2.45) is 0 Å². The maximum Gasteiger partial charge on any atom is 0.360 e. The van der Waals surface area contributed by atoms with Crippen molar-refractivity contribution in [2.75, 3.05) is 13.7 Å². The number of rotatable bonds is 4. The van der Waals surface area contributed by atoms with Gasteiger partial charge in [0.1, 0.15) is 5.76 Å². The fourth-order valence-electron chi connectivity index (χ4n) is 3.79. The second kappa shape index (κ2) is 8.10. The highest BCUT2D eigenvalue weighted by Crippen LogP contribution is 2.32. The Bertz CT molecular complexity index is 1060. The molecule has 0 radical (unpaired) electrons. The van der Waals surface area contributed by atoms with Gasteiger partial charge < -0.3 is 14.1 Å². The minimum atomic E-state index is -0.528. The number of ether oxygens (including phenoxy) is 1. The van der Waals surface area contributed by atoms with Gasteiger partial charge in [-0.1, -0.05) is 12.1 Å². The van der Waals surface area contributed by atoms with Crippen LogP contribution in [0.2, 0.25) is 0 Å². The van der Waals surface area contributed by atoms with Crippen LogP contribution >= 0.6 is 0 Å². The molecular weight excluding hydrogens is 386 g/mol. The quantitative estimate of drug-likeness (QED) is 0.610. The van der Waals surface area contributed by atoms with E-state index in [1.807, 2.05) is 30.0 Å². The number of aryl methyl sites for hydroxylation is 1. The monoisotopic (exact) mass is 409 g/mol. The van der Waals surface area contributed by atoms with Gasteiger partial charge in [-0.05, 0) is 38.8 Å². The summed E-state index contributed by atoms with van der Waals surface area (Å²) in [5.41, 5.74) is 1.33. The lowest BCUT2D eigenvalue weighted by Gasteiger charge is -2.37. The van der Waals surface area contributed by atoms with Gasteiger partial charge in [0.25, 0.3) is 5.91 Å². The molecular formula is C21H23N5O4. The summed E-state index contributed by atoms with van der Waals surface area (Å²) < 4.78 is 10.5. The Kier molecular flexibility index (Phi) is 5.35. The first kappa shape index (κ1) is 19.8. The summed E-state index contributed by atoms with van der Waals surface area (Å²) in [4.78, 5) is 33.0. The largest absolute Gasteiger partial charge is 0.464 e. The SMILES string of the molecule is COC(=O)c1nc([C@@H]2CC[C@@H](C)N(C(=O)c3ccccc3-n3nccn3)C2)oc1C. The lowest BCUT2D eigenvalue weighted by Crippen LogP contribution is -2.45. The standard InChI is InChI=1S/C21H23N5O4/c1-13-8-9-15(19-24-18(14(2)30-19)21(28)29-3)12-25(13)20(27)16-6-4-5-7-17(16)26-22-10-11-23-26/h4-7,10-11,13,15H,8-9,12H2,1-3H3/t13-,15-/m1/s1. The van der Waals surface area contributed by atoms with Crippen LogP contribution in [-0.2, 0) is 4.74 Å². The average Bonchev–Trinajstić information content (AvgIpc) is 3.43. The second-order valence-corrected chi connectivity index (χ2v) is 7.36. The molecule has 0 bridgehead atoms. The Morgan fingerprint density at radius 1 is 1.17 bits per heavy atom. The molecule has 9 nitrogen and oxygen atoms in total. The number of para-hydroxylation sites is 1. The highest BCUT2D eigenvalue weighted by Gasteiger charge is 2.34. The highest BCUT2D eigenvalue weighted by molar-refractivity contribution is 5.98. The molecule has 2 aromatic heterocycles. The average molecular weight is 409 g/mol. The molecule has 3 heterocycles. The molecule has 9 heteroatoms. The molecule has 2 atom stereocenters. The number of aromatic nitrogens is 4. The van der Waals surface area contributed by atoms with Crippen LogP contribution < -0.4 is 0 Å². The van der Waals surface area contributed by atoms with Crippen molar-refractivity contribution >= 4 is 11.9 Å². The maximum atomic E-state index is 13.5. The molecule has 1 amide bonds. The van der Waals surface area contributed by atoms with E-state index >= 15 is 0 Å². The van der Waals surface area contributed by atoms with Gasteiger partial charge in [-0.25, -0.2) is 9.78 Å². The number of oxazole rings is 1. The molecule has 30 heavy (non-hydrogen) atoms. The van der Waals surface area contributed by atoms with Gasteiger partial charge in [0.05, 0.1) is 36.7 Å². The first-order valence-electron chi connectivity index (χ1n) is 9.82. The predicted molar refractivity (Wildman–Crippen MR) is 106 cm³/mol. The number of piperidine rings is 1. The second-order valence-electron chi connectivity index (χ2n) is 7.36. The molecule has 3 aromatic rings. The van der Waals surface area contributed by atoms with Crippen LogP contribution in [0.15, 0.2) is 41.1 Å². The molecule has 0 aliphatic carbocycles. The number of methoxy groups -OCH3 is 1. The van der Waals surface area contributed by atoms with E-state index in [-0.39, 0.29) is 23.6 Å². The molecule has 0 spiro atoms. The van der Waals surface area contributed by atoms with Crippen molar-refractivity contribution < 1.29 is 18.7 Å². The number of carbonyl (C=O) groups excluding carboxylic acids is 2. The van der Waals surface area contributed by atoms with Gasteiger partial charge in [-0.2, -0.15) is 15.0 Å². The van der Waals surface area contributed by atoms with Crippen molar-refractivity contribution in [2.45, 2.75) is 38.6 Å². The number of nitrogens with zero attached hydrogens (tertiary/aromatic N) is 5. The normalized spacial score (nSPS) is 19.0. The number of benzene rings is 1. The third-order valence-corrected chi connectivity index (χ3v) is 5.45. The van der Waals surface area contributed by atoms with Crippen molar-refractivity contribution in [3.8, 4) is 5.69 Å². The fourth-order valence-corrected chi connectivity index (χ4v) is 3.79. The molecule has 1 saturated heterocycles. The maximum absolute atomic E-state index is 13.5. The van der Waals surface area contributed by atoms with Crippen LogP contribution in [0.3, 0.4) is 0 Å². The van der Waals surface area contributed by atoms with E-state index in [0.29, 0.717) is 29.4 Å². The first-order valence-corrected chi connectivity index (χ1v) is 9.82. The van der Waals surface area contributed by atoms with E-state index in [9.17, 15) is 9.59 Å². The molecule has 1 aliphatic rings. The lowest BCUT2D eigenvalue weighted by molar-refractivity contribution is 0.0582. The van der Waals surface area contributed by atoms with E-state index in [4.69, 9.17) is 9.15 Å². The van der Waals surface area contributed by atoms with Crippen LogP contribution in [0.25, 0.3) is 5.69 Å². The highest BCUT2D eigenvalue weighted by atomic mass is 16.5. The van der Waals surface area contributed by atoms with Crippen molar-refractivity contribution in [1.82, 2.24) is 24.9 Å². The van der Waals surface area contributed by atoms with E-state index in [1.165, 1.54) is 11.9 Å². The topological polar surface area (TPSA) is 103 Å². The summed E-state index contributed by atoms with van der Waals surface area (Å²) in [6.07, 6.45) is 4.76. The summed E-state index contributed by atoms with van der Waals surface area (Å²) >= 11 is 0. The number of amides is 1. The minimum absolute atomic E-state index is 0.0588. The van der Waals surface area contributed by atoms with Crippen LogP contribution in [0.1, 0.15) is 58.2 Å². The first-order chi connectivity index (χ1) is 14.5. The Morgan fingerprint density at radius 3 is 2.63 bits per heavy atom.